The van der Waals surface area contributed by atoms with Gasteiger partial charge < -0.3 is 5.32 Å². The largest absolute Gasteiger partial charge is 0.315 e. The van der Waals surface area contributed by atoms with Crippen LogP contribution in [0.4, 0.5) is 0 Å². The van der Waals surface area contributed by atoms with Gasteiger partial charge in [0.25, 0.3) is 0 Å². The van der Waals surface area contributed by atoms with Gasteiger partial charge in [0.05, 0.1) is 5.52 Å². The second-order valence-electron chi connectivity index (χ2n) is 4.64. The molecule has 0 bridgehead atoms. The fourth-order valence-electron chi connectivity index (χ4n) is 2.33. The number of pyridine rings is 1. The Kier molecular flexibility index (Phi) is 3.22. The summed E-state index contributed by atoms with van der Waals surface area (Å²) in [6.07, 6.45) is 2.43. The highest BCUT2D eigenvalue weighted by atomic mass is 32.2. The molecule has 1 aliphatic heterocycles. The zero-order valence-corrected chi connectivity index (χ0v) is 11.2. The molecule has 5 nitrogen and oxygen atoms in total. The molecule has 1 saturated heterocycles. The number of benzene rings is 1. The summed E-state index contributed by atoms with van der Waals surface area (Å²) in [5.74, 6) is 0. The van der Waals surface area contributed by atoms with Crippen molar-refractivity contribution in [1.29, 1.82) is 0 Å². The highest BCUT2D eigenvalue weighted by Gasteiger charge is 2.24. The maximum Gasteiger partial charge on any atom is 0.243 e. The summed E-state index contributed by atoms with van der Waals surface area (Å²) in [7, 11) is -3.52. The maximum atomic E-state index is 12.4. The van der Waals surface area contributed by atoms with E-state index in [9.17, 15) is 8.42 Å². The first-order valence-electron chi connectivity index (χ1n) is 6.24. The number of nitrogens with one attached hydrogen (secondary N) is 2. The lowest BCUT2D eigenvalue weighted by atomic mass is 10.2. The van der Waals surface area contributed by atoms with E-state index in [4.69, 9.17) is 0 Å². The molecule has 0 amide bonds. The van der Waals surface area contributed by atoms with E-state index in [1.54, 1.807) is 24.4 Å². The summed E-state index contributed by atoms with van der Waals surface area (Å²) >= 11 is 0. The van der Waals surface area contributed by atoms with Gasteiger partial charge >= 0.3 is 0 Å². The van der Waals surface area contributed by atoms with Crippen LogP contribution in [-0.4, -0.2) is 32.5 Å². The van der Waals surface area contributed by atoms with Gasteiger partial charge in [-0.2, -0.15) is 0 Å². The van der Waals surface area contributed by atoms with E-state index >= 15 is 0 Å². The Balaban J connectivity index is 2.02. The minimum atomic E-state index is -3.52. The van der Waals surface area contributed by atoms with Gasteiger partial charge in [-0.15, -0.1) is 0 Å². The van der Waals surface area contributed by atoms with Gasteiger partial charge in [-0.3, -0.25) is 4.98 Å². The molecule has 6 heteroatoms. The molecule has 1 aromatic heterocycles. The van der Waals surface area contributed by atoms with Crippen molar-refractivity contribution >= 4 is 20.9 Å². The molecule has 2 heterocycles. The molecule has 1 atom stereocenters. The summed E-state index contributed by atoms with van der Waals surface area (Å²) in [5.41, 5.74) is 0.517. The van der Waals surface area contributed by atoms with Gasteiger partial charge in [-0.05, 0) is 25.1 Å². The number of nitrogens with zero attached hydrogens (tertiary/aromatic N) is 1. The molecule has 1 fully saturated rings. The summed E-state index contributed by atoms with van der Waals surface area (Å²) < 4.78 is 27.6. The van der Waals surface area contributed by atoms with E-state index in [1.807, 2.05) is 12.1 Å². The first kappa shape index (κ1) is 12.5. The molecular formula is C13H15N3O2S. The van der Waals surface area contributed by atoms with Crippen molar-refractivity contribution in [2.45, 2.75) is 17.4 Å². The number of rotatable bonds is 3. The van der Waals surface area contributed by atoms with Gasteiger partial charge in [0.15, 0.2) is 0 Å². The van der Waals surface area contributed by atoms with Crippen LogP contribution in [0.5, 0.6) is 0 Å². The number of hydrogen-bond acceptors (Lipinski definition) is 4. The zero-order valence-electron chi connectivity index (χ0n) is 10.3. The molecule has 1 aliphatic rings. The minimum absolute atomic E-state index is 0.0380. The van der Waals surface area contributed by atoms with Crippen molar-refractivity contribution in [3.63, 3.8) is 0 Å². The Morgan fingerprint density at radius 3 is 2.89 bits per heavy atom. The average molecular weight is 277 g/mol. The van der Waals surface area contributed by atoms with Gasteiger partial charge in [0.2, 0.25) is 10.0 Å². The number of hydrogen-bond donors (Lipinski definition) is 2. The first-order valence-corrected chi connectivity index (χ1v) is 7.72. The van der Waals surface area contributed by atoms with Crippen LogP contribution < -0.4 is 10.0 Å². The van der Waals surface area contributed by atoms with Crippen molar-refractivity contribution in [2.24, 2.45) is 0 Å². The molecule has 1 aromatic carbocycles. The second-order valence-corrected chi connectivity index (χ2v) is 6.32. The van der Waals surface area contributed by atoms with Crippen molar-refractivity contribution in [2.75, 3.05) is 13.1 Å². The fraction of sp³-hybridized carbons (Fsp3) is 0.308. The van der Waals surface area contributed by atoms with Crippen LogP contribution >= 0.6 is 0 Å². The normalized spacial score (nSPS) is 19.9. The molecule has 0 saturated carbocycles. The van der Waals surface area contributed by atoms with Crippen molar-refractivity contribution in [3.05, 3.63) is 36.5 Å². The van der Waals surface area contributed by atoms with Crippen molar-refractivity contribution in [3.8, 4) is 0 Å². The fourth-order valence-corrected chi connectivity index (χ4v) is 3.78. The monoisotopic (exact) mass is 277 g/mol. The van der Waals surface area contributed by atoms with Gasteiger partial charge in [0, 0.05) is 24.2 Å². The molecule has 19 heavy (non-hydrogen) atoms. The molecule has 0 radical (unpaired) electrons. The lowest BCUT2D eigenvalue weighted by Crippen LogP contribution is -2.36. The predicted molar refractivity (Wildman–Crippen MR) is 73.3 cm³/mol. The van der Waals surface area contributed by atoms with Crippen LogP contribution in [0.2, 0.25) is 0 Å². The molecule has 0 aliphatic carbocycles. The van der Waals surface area contributed by atoms with Crippen LogP contribution in [0.1, 0.15) is 6.42 Å². The summed E-state index contributed by atoms with van der Waals surface area (Å²) in [5, 5.41) is 3.97. The molecule has 2 N–H and O–H groups in total. The Labute approximate surface area is 112 Å². The van der Waals surface area contributed by atoms with E-state index in [-0.39, 0.29) is 10.9 Å². The molecule has 1 unspecified atom stereocenters. The predicted octanol–water partition coefficient (Wildman–Crippen LogP) is 0.875. The SMILES string of the molecule is O=S(=O)(NC1CCNC1)c1cccc2cccnc12. The van der Waals surface area contributed by atoms with Gasteiger partial charge in [-0.1, -0.05) is 18.2 Å². The Hall–Kier alpha value is -1.50. The Morgan fingerprint density at radius 2 is 2.11 bits per heavy atom. The Bertz CT molecular complexity index is 689. The summed E-state index contributed by atoms with van der Waals surface area (Å²) in [6.45, 7) is 1.53. The Morgan fingerprint density at radius 1 is 1.26 bits per heavy atom. The van der Waals surface area contributed by atoms with Crippen LogP contribution in [0.3, 0.4) is 0 Å². The summed E-state index contributed by atoms with van der Waals surface area (Å²) in [4.78, 5) is 4.43. The van der Waals surface area contributed by atoms with E-state index in [0.717, 1.165) is 18.4 Å². The third kappa shape index (κ3) is 2.47. The van der Waals surface area contributed by atoms with Crippen LogP contribution in [0, 0.1) is 0 Å². The summed E-state index contributed by atoms with van der Waals surface area (Å²) in [6, 6.07) is 8.82. The number of aromatic nitrogens is 1. The molecule has 2 aromatic rings. The highest BCUT2D eigenvalue weighted by molar-refractivity contribution is 7.89. The van der Waals surface area contributed by atoms with E-state index in [0.29, 0.717) is 12.1 Å². The van der Waals surface area contributed by atoms with E-state index < -0.39 is 10.0 Å². The average Bonchev–Trinajstić information content (AvgIpc) is 2.90. The van der Waals surface area contributed by atoms with E-state index in [1.165, 1.54) is 0 Å². The van der Waals surface area contributed by atoms with Crippen LogP contribution in [0.25, 0.3) is 10.9 Å². The molecule has 100 valence electrons. The smallest absolute Gasteiger partial charge is 0.243 e. The maximum absolute atomic E-state index is 12.4. The van der Waals surface area contributed by atoms with E-state index in [2.05, 4.69) is 15.0 Å². The molecular weight excluding hydrogens is 262 g/mol. The lowest BCUT2D eigenvalue weighted by Gasteiger charge is -2.13. The van der Waals surface area contributed by atoms with Gasteiger partial charge in [0.1, 0.15) is 4.90 Å². The highest BCUT2D eigenvalue weighted by Crippen LogP contribution is 2.21. The number of fused-ring (bicyclic) bond motifs is 1. The first-order chi connectivity index (χ1) is 9.17. The third-order valence-corrected chi connectivity index (χ3v) is 4.82. The second kappa shape index (κ2) is 4.88. The van der Waals surface area contributed by atoms with Crippen molar-refractivity contribution in [1.82, 2.24) is 15.0 Å². The standard InChI is InChI=1S/C13H15N3O2S/c17-19(18,16-11-6-8-14-9-11)12-5-1-3-10-4-2-7-15-13(10)12/h1-5,7,11,14,16H,6,8-9H2. The molecule has 3 rings (SSSR count). The van der Waals surface area contributed by atoms with Crippen LogP contribution in [0.15, 0.2) is 41.4 Å². The lowest BCUT2D eigenvalue weighted by molar-refractivity contribution is 0.561. The topological polar surface area (TPSA) is 71.1 Å². The van der Waals surface area contributed by atoms with Gasteiger partial charge in [-0.25, -0.2) is 13.1 Å². The molecule has 0 spiro atoms. The number of sulfonamides is 1. The zero-order chi connectivity index (χ0) is 13.3. The van der Waals surface area contributed by atoms with Crippen molar-refractivity contribution < 1.29 is 8.42 Å². The quantitative estimate of drug-likeness (QED) is 0.873. The van der Waals surface area contributed by atoms with Crippen LogP contribution in [-0.2, 0) is 10.0 Å². The minimum Gasteiger partial charge on any atom is -0.315 e. The number of para-hydroxylation sites is 1. The third-order valence-electron chi connectivity index (χ3n) is 3.27.